The smallest absolute Gasteiger partial charge is 0.306 e. The number of Topliss-reactive ketones (excluding diaryl/α,β-unsaturated/α-hetero) is 1. The summed E-state index contributed by atoms with van der Waals surface area (Å²) >= 11 is 0. The van der Waals surface area contributed by atoms with Gasteiger partial charge in [0.25, 0.3) is 0 Å². The Labute approximate surface area is 198 Å². The molecule has 4 rings (SSSR count). The molecule has 0 N–H and O–H groups in total. The van der Waals surface area contributed by atoms with Crippen LogP contribution in [-0.2, 0) is 19.1 Å². The molecule has 0 aromatic carbocycles. The minimum atomic E-state index is -1.01. The van der Waals surface area contributed by atoms with Crippen molar-refractivity contribution in [2.24, 2.45) is 28.6 Å². The summed E-state index contributed by atoms with van der Waals surface area (Å²) in [7, 11) is 0. The Morgan fingerprint density at radius 2 is 1.79 bits per heavy atom. The predicted molar refractivity (Wildman–Crippen MR) is 129 cm³/mol. The molecule has 0 aromatic rings. The van der Waals surface area contributed by atoms with Crippen LogP contribution in [0.15, 0.2) is 36.0 Å². The van der Waals surface area contributed by atoms with Crippen molar-refractivity contribution in [2.45, 2.75) is 97.5 Å². The topological polar surface area (TPSA) is 60.4 Å². The monoisotopic (exact) mass is 452 g/mol. The second-order valence-electron chi connectivity index (χ2n) is 11.4. The highest BCUT2D eigenvalue weighted by atomic mass is 16.6. The van der Waals surface area contributed by atoms with Crippen molar-refractivity contribution < 1.29 is 19.1 Å². The maximum absolute atomic E-state index is 13.1. The molecule has 4 nitrogen and oxygen atoms in total. The predicted octanol–water partition coefficient (Wildman–Crippen LogP) is 6.30. The van der Waals surface area contributed by atoms with Gasteiger partial charge in [0, 0.05) is 22.8 Å². The van der Waals surface area contributed by atoms with Crippen LogP contribution < -0.4 is 0 Å². The van der Waals surface area contributed by atoms with Crippen molar-refractivity contribution in [1.29, 1.82) is 0 Å². The van der Waals surface area contributed by atoms with Crippen LogP contribution in [0, 0.1) is 28.6 Å². The molecule has 0 radical (unpaired) electrons. The first-order valence-electron chi connectivity index (χ1n) is 12.9. The quantitative estimate of drug-likeness (QED) is 0.269. The highest BCUT2D eigenvalue weighted by Crippen LogP contribution is 2.69. The van der Waals surface area contributed by atoms with Crippen molar-refractivity contribution in [3.05, 3.63) is 36.0 Å². The highest BCUT2D eigenvalue weighted by molar-refractivity contribution is 6.09. The molecule has 4 heteroatoms. The Morgan fingerprint density at radius 3 is 2.45 bits per heavy atom. The number of carbonyl (C=O) groups excluding carboxylic acids is 3. The number of carbonyl (C=O) groups is 3. The van der Waals surface area contributed by atoms with E-state index in [-0.39, 0.29) is 28.4 Å². The van der Waals surface area contributed by atoms with E-state index in [0.717, 1.165) is 56.9 Å². The Morgan fingerprint density at radius 1 is 1.09 bits per heavy atom. The molecule has 4 aliphatic rings. The molecule has 0 spiro atoms. The van der Waals surface area contributed by atoms with Gasteiger partial charge in [-0.15, -0.1) is 0 Å². The van der Waals surface area contributed by atoms with E-state index < -0.39 is 5.60 Å². The van der Waals surface area contributed by atoms with Gasteiger partial charge in [-0.1, -0.05) is 52.3 Å². The zero-order valence-corrected chi connectivity index (χ0v) is 20.9. The van der Waals surface area contributed by atoms with Crippen LogP contribution in [0.3, 0.4) is 0 Å². The molecule has 4 aliphatic carbocycles. The van der Waals surface area contributed by atoms with Gasteiger partial charge in [0.15, 0.2) is 17.2 Å². The average molecular weight is 453 g/mol. The van der Waals surface area contributed by atoms with E-state index in [4.69, 9.17) is 4.74 Å². The van der Waals surface area contributed by atoms with E-state index in [1.54, 1.807) is 6.92 Å². The first-order chi connectivity index (χ1) is 15.5. The Balaban J connectivity index is 1.64. The number of fused-ring (bicyclic) bond motifs is 5. The molecule has 3 fully saturated rings. The molecule has 0 saturated heterocycles. The van der Waals surface area contributed by atoms with Gasteiger partial charge >= 0.3 is 5.97 Å². The Hall–Kier alpha value is -1.97. The number of hydrogen-bond donors (Lipinski definition) is 0. The zero-order valence-electron chi connectivity index (χ0n) is 20.9. The molecule has 33 heavy (non-hydrogen) atoms. The summed E-state index contributed by atoms with van der Waals surface area (Å²) in [5.74, 6) is 0.885. The first-order valence-corrected chi connectivity index (χ1v) is 12.9. The molecule has 0 aromatic heterocycles. The van der Waals surface area contributed by atoms with Crippen LogP contribution in [0.1, 0.15) is 91.9 Å². The average Bonchev–Trinajstić information content (AvgIpc) is 3.07. The Kier molecular flexibility index (Phi) is 6.12. The summed E-state index contributed by atoms with van der Waals surface area (Å²) in [6.07, 6.45) is 10.3. The van der Waals surface area contributed by atoms with Gasteiger partial charge in [-0.25, -0.2) is 0 Å². The molecule has 0 heterocycles. The second kappa shape index (κ2) is 8.36. The third kappa shape index (κ3) is 3.34. The lowest BCUT2D eigenvalue weighted by molar-refractivity contribution is -0.188. The lowest BCUT2D eigenvalue weighted by Crippen LogP contribution is -2.59. The van der Waals surface area contributed by atoms with E-state index in [2.05, 4.69) is 33.9 Å². The lowest BCUT2D eigenvalue weighted by atomic mass is 9.45. The van der Waals surface area contributed by atoms with E-state index in [0.29, 0.717) is 36.2 Å². The van der Waals surface area contributed by atoms with Crippen LogP contribution in [0.2, 0.25) is 0 Å². The molecule has 180 valence electrons. The number of esters is 1. The normalized spacial score (nSPS) is 39.9. The summed E-state index contributed by atoms with van der Waals surface area (Å²) in [5.41, 5.74) is 1.02. The molecular formula is C29H40O4. The van der Waals surface area contributed by atoms with Gasteiger partial charge < -0.3 is 4.74 Å². The number of hydrogen-bond acceptors (Lipinski definition) is 4. The molecule has 0 amide bonds. The summed E-state index contributed by atoms with van der Waals surface area (Å²) in [4.78, 5) is 38.4. The molecule has 0 unspecified atom stereocenters. The van der Waals surface area contributed by atoms with Gasteiger partial charge in [-0.2, -0.15) is 0 Å². The van der Waals surface area contributed by atoms with Crippen molar-refractivity contribution in [2.75, 3.05) is 0 Å². The summed E-state index contributed by atoms with van der Waals surface area (Å²) < 4.78 is 6.17. The van der Waals surface area contributed by atoms with Gasteiger partial charge in [0.05, 0.1) is 0 Å². The fraction of sp³-hybridized carbons (Fsp3) is 0.690. The van der Waals surface area contributed by atoms with Crippen molar-refractivity contribution >= 4 is 17.5 Å². The first kappa shape index (κ1) is 24.2. The largest absolute Gasteiger partial charge is 0.450 e. The molecule has 3 saturated carbocycles. The maximum Gasteiger partial charge on any atom is 0.306 e. The van der Waals surface area contributed by atoms with Crippen molar-refractivity contribution in [1.82, 2.24) is 0 Å². The van der Waals surface area contributed by atoms with Gasteiger partial charge in [-0.3, -0.25) is 14.4 Å². The molecule has 0 aliphatic heterocycles. The van der Waals surface area contributed by atoms with Crippen molar-refractivity contribution in [3.63, 3.8) is 0 Å². The van der Waals surface area contributed by atoms with Gasteiger partial charge in [0.1, 0.15) is 0 Å². The van der Waals surface area contributed by atoms with E-state index in [1.807, 2.05) is 6.08 Å². The number of unbranched alkanes of at least 4 members (excludes halogenated alkanes) is 2. The molecule has 6 atom stereocenters. The summed E-state index contributed by atoms with van der Waals surface area (Å²) in [5, 5.41) is 0. The third-order valence-corrected chi connectivity index (χ3v) is 10.1. The number of ketones is 2. The Bertz CT molecular complexity index is 941. The third-order valence-electron chi connectivity index (χ3n) is 10.1. The van der Waals surface area contributed by atoms with Crippen LogP contribution in [-0.4, -0.2) is 23.1 Å². The SMILES string of the molecule is C=C1C(=C)[C@@]2(C)C(=CC1=O)CC[C@@H]1[C@@H]2CC[C@@]2(C)[C@H]1CC[C@]2(OC(=O)CCCCC)C(C)=O. The number of allylic oxidation sites excluding steroid dienone is 3. The molecular weight excluding hydrogens is 412 g/mol. The fourth-order valence-corrected chi connectivity index (χ4v) is 8.15. The maximum atomic E-state index is 13.1. The minimum Gasteiger partial charge on any atom is -0.450 e. The molecule has 0 bridgehead atoms. The zero-order chi connectivity index (χ0) is 24.2. The summed E-state index contributed by atoms with van der Waals surface area (Å²) in [6.45, 7) is 16.6. The van der Waals surface area contributed by atoms with Crippen LogP contribution in [0.25, 0.3) is 0 Å². The van der Waals surface area contributed by atoms with E-state index >= 15 is 0 Å². The van der Waals surface area contributed by atoms with Crippen molar-refractivity contribution in [3.8, 4) is 0 Å². The van der Waals surface area contributed by atoms with E-state index in [9.17, 15) is 14.4 Å². The number of ether oxygens (including phenoxy) is 1. The summed E-state index contributed by atoms with van der Waals surface area (Å²) in [6, 6.07) is 0. The lowest BCUT2D eigenvalue weighted by Gasteiger charge is -2.59. The second-order valence-corrected chi connectivity index (χ2v) is 11.4. The number of rotatable bonds is 6. The van der Waals surface area contributed by atoms with Crippen LogP contribution >= 0.6 is 0 Å². The van der Waals surface area contributed by atoms with Crippen LogP contribution in [0.4, 0.5) is 0 Å². The fourth-order valence-electron chi connectivity index (χ4n) is 8.15. The highest BCUT2D eigenvalue weighted by Gasteiger charge is 2.68. The standard InChI is InChI=1S/C29H40O4/c1-7-8-9-10-26(32)33-29(20(4)30)16-14-23-22-12-11-21-17-25(31)18(2)19(3)28(21,6)24(22)13-15-27(23,29)5/h17,22-24H,2-3,7-16H2,1,4-6H3/t22-,23-,24-,27-,28-,29-/m0/s1. The van der Waals surface area contributed by atoms with Gasteiger partial charge in [-0.05, 0) is 81.3 Å². The van der Waals surface area contributed by atoms with E-state index in [1.165, 1.54) is 5.57 Å². The van der Waals surface area contributed by atoms with Gasteiger partial charge in [0.2, 0.25) is 0 Å². The van der Waals surface area contributed by atoms with Crippen LogP contribution in [0.5, 0.6) is 0 Å². The minimum absolute atomic E-state index is 0.00144.